The molecule has 0 amide bonds. The van der Waals surface area contributed by atoms with E-state index < -0.39 is 5.97 Å². The monoisotopic (exact) mass is 316 g/mol. The van der Waals surface area contributed by atoms with E-state index in [1.54, 1.807) is 12.1 Å². The molecular formula is C18H20O5. The molecule has 0 aromatic heterocycles. The van der Waals surface area contributed by atoms with Crippen LogP contribution in [0.4, 0.5) is 0 Å². The van der Waals surface area contributed by atoms with E-state index in [-0.39, 0.29) is 6.61 Å². The number of hydrogen-bond donors (Lipinski definition) is 0. The molecule has 0 saturated carbocycles. The van der Waals surface area contributed by atoms with Crippen LogP contribution >= 0.6 is 0 Å². The van der Waals surface area contributed by atoms with Gasteiger partial charge in [-0.05, 0) is 30.2 Å². The normalized spacial score (nSPS) is 10.1. The van der Waals surface area contributed by atoms with Crippen LogP contribution < -0.4 is 14.2 Å². The highest BCUT2D eigenvalue weighted by Crippen LogP contribution is 2.40. The zero-order valence-electron chi connectivity index (χ0n) is 13.7. The number of benzene rings is 2. The average molecular weight is 316 g/mol. The number of carbonyl (C=O) groups is 1. The van der Waals surface area contributed by atoms with Crippen molar-refractivity contribution in [2.75, 3.05) is 21.3 Å². The van der Waals surface area contributed by atoms with Gasteiger partial charge in [0, 0.05) is 0 Å². The first-order valence-electron chi connectivity index (χ1n) is 7.13. The van der Waals surface area contributed by atoms with E-state index in [1.165, 1.54) is 21.3 Å². The first kappa shape index (κ1) is 16.7. The third-order valence-corrected chi connectivity index (χ3v) is 3.54. The van der Waals surface area contributed by atoms with E-state index in [4.69, 9.17) is 18.9 Å². The Labute approximate surface area is 135 Å². The highest BCUT2D eigenvalue weighted by molar-refractivity contribution is 5.94. The number of ether oxygens (including phenoxy) is 4. The van der Waals surface area contributed by atoms with Gasteiger partial charge in [0.2, 0.25) is 5.75 Å². The summed E-state index contributed by atoms with van der Waals surface area (Å²) in [5.74, 6) is 0.660. The first-order chi connectivity index (χ1) is 11.1. The molecule has 122 valence electrons. The maximum Gasteiger partial charge on any atom is 0.342 e. The molecule has 0 aliphatic heterocycles. The summed E-state index contributed by atoms with van der Waals surface area (Å²) in [6.07, 6.45) is 0. The molecule has 2 aromatic rings. The van der Waals surface area contributed by atoms with Gasteiger partial charge < -0.3 is 18.9 Å². The van der Waals surface area contributed by atoms with Gasteiger partial charge in [0.15, 0.2) is 11.5 Å². The number of rotatable bonds is 6. The number of methoxy groups -OCH3 is 3. The number of carbonyl (C=O) groups excluding carboxylic acids is 1. The summed E-state index contributed by atoms with van der Waals surface area (Å²) >= 11 is 0. The third kappa shape index (κ3) is 3.56. The maximum absolute atomic E-state index is 12.4. The summed E-state index contributed by atoms with van der Waals surface area (Å²) in [6.45, 7) is 2.17. The average Bonchev–Trinajstić information content (AvgIpc) is 2.59. The van der Waals surface area contributed by atoms with Gasteiger partial charge in [0.1, 0.15) is 12.2 Å². The molecule has 0 saturated heterocycles. The van der Waals surface area contributed by atoms with Crippen molar-refractivity contribution in [1.82, 2.24) is 0 Å². The van der Waals surface area contributed by atoms with Crippen LogP contribution in [0.5, 0.6) is 17.2 Å². The highest BCUT2D eigenvalue weighted by atomic mass is 16.5. The zero-order valence-corrected chi connectivity index (χ0v) is 13.7. The van der Waals surface area contributed by atoms with Gasteiger partial charge in [-0.2, -0.15) is 0 Å². The molecule has 0 fully saturated rings. The number of hydrogen-bond acceptors (Lipinski definition) is 5. The van der Waals surface area contributed by atoms with Crippen LogP contribution in [0.15, 0.2) is 36.4 Å². The fourth-order valence-corrected chi connectivity index (χ4v) is 2.26. The predicted molar refractivity (Wildman–Crippen MR) is 86.4 cm³/mol. The lowest BCUT2D eigenvalue weighted by molar-refractivity contribution is 0.0467. The summed E-state index contributed by atoms with van der Waals surface area (Å²) in [5.41, 5.74) is 2.32. The Hall–Kier alpha value is -2.69. The summed E-state index contributed by atoms with van der Waals surface area (Å²) in [7, 11) is 4.48. The van der Waals surface area contributed by atoms with E-state index in [0.717, 1.165) is 11.1 Å². The number of esters is 1. The van der Waals surface area contributed by atoms with Crippen molar-refractivity contribution < 1.29 is 23.7 Å². The third-order valence-electron chi connectivity index (χ3n) is 3.54. The topological polar surface area (TPSA) is 54.0 Å². The second-order valence-electron chi connectivity index (χ2n) is 4.88. The molecule has 0 atom stereocenters. The minimum absolute atomic E-state index is 0.197. The van der Waals surface area contributed by atoms with E-state index in [1.807, 2.05) is 31.2 Å². The molecule has 0 spiro atoms. The molecule has 2 rings (SSSR count). The Morgan fingerprint density at radius 2 is 1.61 bits per heavy atom. The van der Waals surface area contributed by atoms with Crippen LogP contribution in [0.3, 0.4) is 0 Å². The van der Waals surface area contributed by atoms with E-state index in [9.17, 15) is 4.79 Å². The summed E-state index contributed by atoms with van der Waals surface area (Å²) < 4.78 is 21.2. The van der Waals surface area contributed by atoms with Crippen molar-refractivity contribution >= 4 is 5.97 Å². The van der Waals surface area contributed by atoms with Crippen LogP contribution in [0.1, 0.15) is 21.5 Å². The lowest BCUT2D eigenvalue weighted by atomic mass is 10.1. The van der Waals surface area contributed by atoms with Gasteiger partial charge in [-0.25, -0.2) is 4.79 Å². The second kappa shape index (κ2) is 7.54. The Bertz CT molecular complexity index is 694. The highest BCUT2D eigenvalue weighted by Gasteiger charge is 2.21. The van der Waals surface area contributed by atoms with Gasteiger partial charge in [-0.3, -0.25) is 0 Å². The van der Waals surface area contributed by atoms with E-state index >= 15 is 0 Å². The van der Waals surface area contributed by atoms with E-state index in [0.29, 0.717) is 22.8 Å². The van der Waals surface area contributed by atoms with Gasteiger partial charge in [-0.1, -0.05) is 24.3 Å². The van der Waals surface area contributed by atoms with E-state index in [2.05, 4.69) is 0 Å². The molecule has 0 bridgehead atoms. The van der Waals surface area contributed by atoms with Crippen LogP contribution in [0, 0.1) is 6.92 Å². The number of aryl methyl sites for hydroxylation is 1. The lowest BCUT2D eigenvalue weighted by Gasteiger charge is -2.15. The van der Waals surface area contributed by atoms with Gasteiger partial charge in [0.25, 0.3) is 0 Å². The quantitative estimate of drug-likeness (QED) is 0.765. The fourth-order valence-electron chi connectivity index (χ4n) is 2.26. The molecular weight excluding hydrogens is 296 g/mol. The summed E-state index contributed by atoms with van der Waals surface area (Å²) in [6, 6.07) is 11.0. The predicted octanol–water partition coefficient (Wildman–Crippen LogP) is 3.38. The smallest absolute Gasteiger partial charge is 0.342 e. The Balaban J connectivity index is 2.24. The molecule has 23 heavy (non-hydrogen) atoms. The zero-order chi connectivity index (χ0) is 16.8. The Morgan fingerprint density at radius 1 is 0.913 bits per heavy atom. The van der Waals surface area contributed by atoms with Crippen molar-refractivity contribution in [2.45, 2.75) is 13.5 Å². The maximum atomic E-state index is 12.4. The second-order valence-corrected chi connectivity index (χ2v) is 4.88. The largest absolute Gasteiger partial charge is 0.493 e. The molecule has 0 N–H and O–H groups in total. The summed E-state index contributed by atoms with van der Waals surface area (Å²) in [4.78, 5) is 12.4. The van der Waals surface area contributed by atoms with Crippen molar-refractivity contribution in [3.05, 3.63) is 53.1 Å². The molecule has 5 heteroatoms. The van der Waals surface area contributed by atoms with Crippen LogP contribution in [0.2, 0.25) is 0 Å². The van der Waals surface area contributed by atoms with Crippen LogP contribution in [-0.4, -0.2) is 27.3 Å². The van der Waals surface area contributed by atoms with Gasteiger partial charge in [0.05, 0.1) is 21.3 Å². The molecule has 2 aromatic carbocycles. The molecule has 0 aliphatic rings. The van der Waals surface area contributed by atoms with Crippen molar-refractivity contribution in [3.63, 3.8) is 0 Å². The molecule has 0 unspecified atom stereocenters. The van der Waals surface area contributed by atoms with Crippen LogP contribution in [0.25, 0.3) is 0 Å². The fraction of sp³-hybridized carbons (Fsp3) is 0.278. The molecule has 5 nitrogen and oxygen atoms in total. The molecule has 0 aliphatic carbocycles. The Morgan fingerprint density at radius 3 is 2.22 bits per heavy atom. The van der Waals surface area contributed by atoms with Gasteiger partial charge >= 0.3 is 5.97 Å². The van der Waals surface area contributed by atoms with Crippen molar-refractivity contribution in [3.8, 4) is 17.2 Å². The SMILES string of the molecule is COc1ccc(C(=O)OCc2ccccc2C)c(OC)c1OC. The van der Waals surface area contributed by atoms with Gasteiger partial charge in [-0.15, -0.1) is 0 Å². The van der Waals surface area contributed by atoms with Crippen molar-refractivity contribution in [2.24, 2.45) is 0 Å². The molecule has 0 heterocycles. The lowest BCUT2D eigenvalue weighted by Crippen LogP contribution is -2.09. The standard InChI is InChI=1S/C18H20O5/c1-12-7-5-6-8-13(12)11-23-18(19)14-9-10-15(20-2)17(22-4)16(14)21-3/h5-10H,11H2,1-4H3. The van der Waals surface area contributed by atoms with Crippen molar-refractivity contribution in [1.29, 1.82) is 0 Å². The minimum Gasteiger partial charge on any atom is -0.493 e. The first-order valence-corrected chi connectivity index (χ1v) is 7.13. The van der Waals surface area contributed by atoms with Crippen LogP contribution in [-0.2, 0) is 11.3 Å². The molecule has 0 radical (unpaired) electrons. The summed E-state index contributed by atoms with van der Waals surface area (Å²) in [5, 5.41) is 0. The minimum atomic E-state index is -0.481. The Kier molecular flexibility index (Phi) is 5.46.